The van der Waals surface area contributed by atoms with Crippen LogP contribution in [0.1, 0.15) is 71.8 Å². The second-order valence-corrected chi connectivity index (χ2v) is 8.20. The lowest BCUT2D eigenvalue weighted by molar-refractivity contribution is 0.152. The average molecular weight is 359 g/mol. The van der Waals surface area contributed by atoms with E-state index in [0.29, 0.717) is 0 Å². The summed E-state index contributed by atoms with van der Waals surface area (Å²) >= 11 is 0. The summed E-state index contributed by atoms with van der Waals surface area (Å²) in [5.41, 5.74) is 3.39. The minimum atomic E-state index is 0.727. The van der Waals surface area contributed by atoms with Crippen LogP contribution in [0.4, 0.5) is 0 Å². The molecule has 4 nitrogen and oxygen atoms in total. The molecule has 1 aromatic carbocycles. The molecule has 1 aromatic heterocycles. The van der Waals surface area contributed by atoms with Crippen LogP contribution in [0.2, 0.25) is 0 Å². The molecular formula is C22H38N4. The fourth-order valence-electron chi connectivity index (χ4n) is 3.78. The molecule has 0 aliphatic heterocycles. The third-order valence-electron chi connectivity index (χ3n) is 5.32. The minimum Gasteiger partial charge on any atom is -0.284 e. The lowest BCUT2D eigenvalue weighted by Crippen LogP contribution is -2.34. The van der Waals surface area contributed by atoms with Crippen LogP contribution >= 0.6 is 0 Å². The Morgan fingerprint density at radius 3 is 2.19 bits per heavy atom. The normalized spacial score (nSPS) is 14.2. The number of hydrogen-bond donors (Lipinski definition) is 0. The van der Waals surface area contributed by atoms with Gasteiger partial charge >= 0.3 is 0 Å². The summed E-state index contributed by atoms with van der Waals surface area (Å²) in [5, 5.41) is 8.87. The SMILES string of the molecule is CCCCC(C)CN(CC(C)CCCC)Cn1nnc2c(C)cccc21. The molecule has 2 unspecified atom stereocenters. The van der Waals surface area contributed by atoms with Crippen molar-refractivity contribution < 1.29 is 0 Å². The van der Waals surface area contributed by atoms with Crippen LogP contribution in [0.15, 0.2) is 18.2 Å². The highest BCUT2D eigenvalue weighted by molar-refractivity contribution is 5.77. The van der Waals surface area contributed by atoms with Gasteiger partial charge in [0, 0.05) is 13.1 Å². The van der Waals surface area contributed by atoms with Gasteiger partial charge in [0.25, 0.3) is 0 Å². The number of benzene rings is 1. The molecule has 0 radical (unpaired) electrons. The van der Waals surface area contributed by atoms with Gasteiger partial charge in [0.1, 0.15) is 5.52 Å². The highest BCUT2D eigenvalue weighted by Gasteiger charge is 2.16. The second kappa shape index (κ2) is 10.7. The zero-order valence-corrected chi connectivity index (χ0v) is 17.5. The minimum absolute atomic E-state index is 0.727. The number of fused-ring (bicyclic) bond motifs is 1. The van der Waals surface area contributed by atoms with Gasteiger partial charge in [0.05, 0.1) is 12.2 Å². The fraction of sp³-hybridized carbons (Fsp3) is 0.727. The summed E-state index contributed by atoms with van der Waals surface area (Å²) in [4.78, 5) is 2.59. The first-order chi connectivity index (χ1) is 12.5. The molecule has 0 amide bonds. The molecule has 2 atom stereocenters. The van der Waals surface area contributed by atoms with Crippen molar-refractivity contribution in [1.29, 1.82) is 0 Å². The Labute approximate surface area is 160 Å². The van der Waals surface area contributed by atoms with Gasteiger partial charge in [-0.25, -0.2) is 4.68 Å². The summed E-state index contributed by atoms with van der Waals surface area (Å²) in [6, 6.07) is 6.36. The molecule has 1 heterocycles. The van der Waals surface area contributed by atoms with Crippen molar-refractivity contribution in [3.05, 3.63) is 23.8 Å². The van der Waals surface area contributed by atoms with Crippen LogP contribution in [-0.2, 0) is 6.67 Å². The van der Waals surface area contributed by atoms with Crippen molar-refractivity contribution in [3.63, 3.8) is 0 Å². The zero-order valence-electron chi connectivity index (χ0n) is 17.5. The molecule has 0 saturated carbocycles. The molecule has 4 heteroatoms. The average Bonchev–Trinajstić information content (AvgIpc) is 3.02. The van der Waals surface area contributed by atoms with Crippen molar-refractivity contribution in [3.8, 4) is 0 Å². The maximum Gasteiger partial charge on any atom is 0.116 e. The molecule has 0 saturated heterocycles. The van der Waals surface area contributed by atoms with E-state index in [1.165, 1.54) is 44.1 Å². The Balaban J connectivity index is 2.09. The van der Waals surface area contributed by atoms with Crippen molar-refractivity contribution >= 4 is 11.0 Å². The quantitative estimate of drug-likeness (QED) is 0.491. The van der Waals surface area contributed by atoms with Crippen molar-refractivity contribution in [1.82, 2.24) is 19.9 Å². The van der Waals surface area contributed by atoms with Gasteiger partial charge in [-0.2, -0.15) is 0 Å². The first kappa shape index (κ1) is 20.9. The van der Waals surface area contributed by atoms with E-state index < -0.39 is 0 Å². The Kier molecular flexibility index (Phi) is 8.56. The summed E-state index contributed by atoms with van der Waals surface area (Å²) in [7, 11) is 0. The largest absolute Gasteiger partial charge is 0.284 e. The highest BCUT2D eigenvalue weighted by Crippen LogP contribution is 2.18. The summed E-state index contributed by atoms with van der Waals surface area (Å²) < 4.78 is 2.08. The molecule has 0 N–H and O–H groups in total. The zero-order chi connectivity index (χ0) is 18.9. The standard InChI is InChI=1S/C22H38N4/c1-6-8-11-18(3)15-25(16-19(4)12-9-7-2)17-26-21-14-10-13-20(5)22(21)23-24-26/h10,13-14,18-19H,6-9,11-12,15-17H2,1-5H3. The van der Waals surface area contributed by atoms with E-state index in [4.69, 9.17) is 0 Å². The first-order valence-electron chi connectivity index (χ1n) is 10.6. The van der Waals surface area contributed by atoms with Crippen molar-refractivity contribution in [2.24, 2.45) is 11.8 Å². The van der Waals surface area contributed by atoms with Gasteiger partial charge < -0.3 is 0 Å². The van der Waals surface area contributed by atoms with E-state index in [2.05, 4.69) is 72.7 Å². The molecule has 2 rings (SSSR count). The second-order valence-electron chi connectivity index (χ2n) is 8.20. The number of aromatic nitrogens is 3. The van der Waals surface area contributed by atoms with Crippen LogP contribution in [-0.4, -0.2) is 33.0 Å². The van der Waals surface area contributed by atoms with Crippen LogP contribution in [0, 0.1) is 18.8 Å². The fourth-order valence-corrected chi connectivity index (χ4v) is 3.78. The van der Waals surface area contributed by atoms with Crippen LogP contribution < -0.4 is 0 Å². The Morgan fingerprint density at radius 2 is 1.62 bits per heavy atom. The van der Waals surface area contributed by atoms with Gasteiger partial charge in [0.2, 0.25) is 0 Å². The predicted molar refractivity (Wildman–Crippen MR) is 111 cm³/mol. The van der Waals surface area contributed by atoms with E-state index in [-0.39, 0.29) is 0 Å². The van der Waals surface area contributed by atoms with E-state index >= 15 is 0 Å². The van der Waals surface area contributed by atoms with E-state index in [1.807, 2.05) is 0 Å². The number of nitrogens with zero attached hydrogens (tertiary/aromatic N) is 4. The Bertz CT molecular complexity index is 633. The van der Waals surface area contributed by atoms with Crippen molar-refractivity contribution in [2.45, 2.75) is 79.8 Å². The lowest BCUT2D eigenvalue weighted by atomic mass is 10.0. The summed E-state index contributed by atoms with van der Waals surface area (Å²) in [6.07, 6.45) is 7.84. The molecular weight excluding hydrogens is 320 g/mol. The van der Waals surface area contributed by atoms with Gasteiger partial charge in [-0.3, -0.25) is 4.90 Å². The van der Waals surface area contributed by atoms with E-state index in [1.54, 1.807) is 0 Å². The molecule has 146 valence electrons. The number of rotatable bonds is 12. The Morgan fingerprint density at radius 1 is 1.00 bits per heavy atom. The maximum atomic E-state index is 4.46. The molecule has 0 spiro atoms. The number of hydrogen-bond acceptors (Lipinski definition) is 3. The molecule has 0 bridgehead atoms. The number of unbranched alkanes of at least 4 members (excludes halogenated alkanes) is 2. The summed E-state index contributed by atoms with van der Waals surface area (Å²) in [6.45, 7) is 14.6. The monoisotopic (exact) mass is 358 g/mol. The third-order valence-corrected chi connectivity index (χ3v) is 5.32. The van der Waals surface area contributed by atoms with Gasteiger partial charge in [0.15, 0.2) is 0 Å². The molecule has 0 aliphatic carbocycles. The van der Waals surface area contributed by atoms with Crippen LogP contribution in [0.25, 0.3) is 11.0 Å². The van der Waals surface area contributed by atoms with Gasteiger partial charge in [-0.1, -0.05) is 70.7 Å². The van der Waals surface area contributed by atoms with Crippen molar-refractivity contribution in [2.75, 3.05) is 13.1 Å². The smallest absolute Gasteiger partial charge is 0.116 e. The predicted octanol–water partition coefficient (Wildman–Crippen LogP) is 5.65. The van der Waals surface area contributed by atoms with Gasteiger partial charge in [-0.15, -0.1) is 5.10 Å². The summed E-state index contributed by atoms with van der Waals surface area (Å²) in [5.74, 6) is 1.45. The van der Waals surface area contributed by atoms with Crippen LogP contribution in [0.5, 0.6) is 0 Å². The topological polar surface area (TPSA) is 34.0 Å². The molecule has 26 heavy (non-hydrogen) atoms. The number of aryl methyl sites for hydroxylation is 1. The van der Waals surface area contributed by atoms with E-state index in [9.17, 15) is 0 Å². The van der Waals surface area contributed by atoms with Crippen LogP contribution in [0.3, 0.4) is 0 Å². The maximum absolute atomic E-state index is 4.46. The van der Waals surface area contributed by atoms with Gasteiger partial charge in [-0.05, 0) is 43.2 Å². The highest BCUT2D eigenvalue weighted by atomic mass is 15.5. The first-order valence-corrected chi connectivity index (χ1v) is 10.6. The lowest BCUT2D eigenvalue weighted by Gasteiger charge is -2.28. The van der Waals surface area contributed by atoms with E-state index in [0.717, 1.165) is 42.6 Å². The molecule has 2 aromatic rings. The Hall–Kier alpha value is -1.42. The molecule has 0 aliphatic rings. The third kappa shape index (κ3) is 6.08. The molecule has 0 fully saturated rings.